The molecule has 0 atom stereocenters. The number of benzene rings is 1. The number of sulfone groups is 1. The number of hydrogen-bond donors (Lipinski definition) is 0. The molecule has 0 unspecified atom stereocenters. The first kappa shape index (κ1) is 15.3. The molecule has 0 N–H and O–H groups in total. The minimum Gasteiger partial charge on any atom is -0.294 e. The highest BCUT2D eigenvalue weighted by Crippen LogP contribution is 2.16. The Kier molecular flexibility index (Phi) is 5.47. The summed E-state index contributed by atoms with van der Waals surface area (Å²) in [6, 6.07) is 3.94. The van der Waals surface area contributed by atoms with Crippen molar-refractivity contribution in [1.29, 1.82) is 0 Å². The second kappa shape index (κ2) is 6.43. The van der Waals surface area contributed by atoms with E-state index in [1.807, 2.05) is 0 Å². The van der Waals surface area contributed by atoms with Gasteiger partial charge in [-0.1, -0.05) is 22.9 Å². The Bertz CT molecular complexity index is 520. The SMILES string of the molecule is CCS(=O)(=O)CCCC(=O)c1cc(F)cc(Br)c1. The van der Waals surface area contributed by atoms with Crippen LogP contribution in [0.3, 0.4) is 0 Å². The molecule has 0 aliphatic carbocycles. The van der Waals surface area contributed by atoms with Crippen LogP contribution in [0.1, 0.15) is 30.1 Å². The van der Waals surface area contributed by atoms with Gasteiger partial charge in [-0.3, -0.25) is 4.79 Å². The molecule has 6 heteroatoms. The molecule has 1 rings (SSSR count). The average molecular weight is 337 g/mol. The van der Waals surface area contributed by atoms with E-state index in [0.717, 1.165) is 6.07 Å². The Labute approximate surface area is 114 Å². The Balaban J connectivity index is 2.61. The Hall–Kier alpha value is -0.750. The van der Waals surface area contributed by atoms with E-state index in [4.69, 9.17) is 0 Å². The van der Waals surface area contributed by atoms with Crippen LogP contribution < -0.4 is 0 Å². The predicted molar refractivity (Wildman–Crippen MR) is 72.0 cm³/mol. The summed E-state index contributed by atoms with van der Waals surface area (Å²) in [4.78, 5) is 11.7. The van der Waals surface area contributed by atoms with E-state index in [2.05, 4.69) is 15.9 Å². The molecule has 0 bridgehead atoms. The summed E-state index contributed by atoms with van der Waals surface area (Å²) in [5, 5.41) is 0. The third-order valence-corrected chi connectivity index (χ3v) is 4.73. The molecule has 0 amide bonds. The molecule has 0 saturated carbocycles. The first-order chi connectivity index (χ1) is 8.34. The molecule has 0 aliphatic rings. The smallest absolute Gasteiger partial charge is 0.163 e. The average Bonchev–Trinajstić information content (AvgIpc) is 2.27. The number of ketones is 1. The molecule has 0 heterocycles. The largest absolute Gasteiger partial charge is 0.294 e. The summed E-state index contributed by atoms with van der Waals surface area (Å²) in [6.07, 6.45) is 0.373. The fourth-order valence-electron chi connectivity index (χ4n) is 1.46. The molecule has 0 fully saturated rings. The summed E-state index contributed by atoms with van der Waals surface area (Å²) in [7, 11) is -3.05. The number of rotatable bonds is 6. The lowest BCUT2D eigenvalue weighted by Crippen LogP contribution is -2.10. The van der Waals surface area contributed by atoms with Gasteiger partial charge in [0.15, 0.2) is 5.78 Å². The van der Waals surface area contributed by atoms with Crippen molar-refractivity contribution in [1.82, 2.24) is 0 Å². The van der Waals surface area contributed by atoms with Crippen LogP contribution in [-0.2, 0) is 9.84 Å². The lowest BCUT2D eigenvalue weighted by molar-refractivity contribution is 0.0981. The van der Waals surface area contributed by atoms with Gasteiger partial charge in [0.1, 0.15) is 15.7 Å². The molecule has 100 valence electrons. The summed E-state index contributed by atoms with van der Waals surface area (Å²) in [6.45, 7) is 1.57. The monoisotopic (exact) mass is 336 g/mol. The van der Waals surface area contributed by atoms with Crippen LogP contribution in [0, 0.1) is 5.82 Å². The van der Waals surface area contributed by atoms with Gasteiger partial charge in [0.25, 0.3) is 0 Å². The summed E-state index contributed by atoms with van der Waals surface area (Å²) >= 11 is 3.10. The molecule has 3 nitrogen and oxygen atoms in total. The summed E-state index contributed by atoms with van der Waals surface area (Å²) < 4.78 is 36.1. The van der Waals surface area contributed by atoms with Gasteiger partial charge in [-0.2, -0.15) is 0 Å². The lowest BCUT2D eigenvalue weighted by atomic mass is 10.1. The van der Waals surface area contributed by atoms with E-state index in [0.29, 0.717) is 4.47 Å². The molecule has 0 radical (unpaired) electrons. The molecule has 0 aromatic heterocycles. The Morgan fingerprint density at radius 3 is 2.56 bits per heavy atom. The van der Waals surface area contributed by atoms with E-state index in [1.165, 1.54) is 12.1 Å². The van der Waals surface area contributed by atoms with Crippen molar-refractivity contribution in [3.8, 4) is 0 Å². The van der Waals surface area contributed by atoms with Crippen molar-refractivity contribution in [2.24, 2.45) is 0 Å². The molecule has 0 aliphatic heterocycles. The minimum absolute atomic E-state index is 0.00821. The fraction of sp³-hybridized carbons (Fsp3) is 0.417. The van der Waals surface area contributed by atoms with E-state index < -0.39 is 15.7 Å². The van der Waals surface area contributed by atoms with Crippen molar-refractivity contribution < 1.29 is 17.6 Å². The minimum atomic E-state index is -3.05. The second-order valence-corrected chi connectivity index (χ2v) is 7.31. The van der Waals surface area contributed by atoms with Gasteiger partial charge in [-0.25, -0.2) is 12.8 Å². The normalized spacial score (nSPS) is 11.5. The highest BCUT2D eigenvalue weighted by atomic mass is 79.9. The predicted octanol–water partition coefficient (Wildman–Crippen LogP) is 2.99. The number of carbonyl (C=O) groups is 1. The first-order valence-electron chi connectivity index (χ1n) is 5.54. The van der Waals surface area contributed by atoms with Crippen LogP contribution in [0.15, 0.2) is 22.7 Å². The maximum atomic E-state index is 13.1. The number of halogens is 2. The maximum absolute atomic E-state index is 13.1. The van der Waals surface area contributed by atoms with Crippen LogP contribution in [-0.4, -0.2) is 25.7 Å². The van der Waals surface area contributed by atoms with Gasteiger partial charge in [0.05, 0.1) is 5.75 Å². The standard InChI is InChI=1S/C12H14BrFO3S/c1-2-18(16,17)5-3-4-12(15)9-6-10(13)8-11(14)7-9/h6-8H,2-5H2,1H3. The van der Waals surface area contributed by atoms with E-state index in [1.54, 1.807) is 6.92 Å². The Morgan fingerprint density at radius 2 is 2.00 bits per heavy atom. The van der Waals surface area contributed by atoms with Gasteiger partial charge in [-0.15, -0.1) is 0 Å². The zero-order valence-electron chi connectivity index (χ0n) is 9.95. The lowest BCUT2D eigenvalue weighted by Gasteiger charge is -2.03. The highest BCUT2D eigenvalue weighted by Gasteiger charge is 2.12. The van der Waals surface area contributed by atoms with Gasteiger partial charge in [0, 0.05) is 22.2 Å². The van der Waals surface area contributed by atoms with Crippen molar-refractivity contribution in [3.63, 3.8) is 0 Å². The number of carbonyl (C=O) groups excluding carboxylic acids is 1. The molecule has 1 aromatic carbocycles. The van der Waals surface area contributed by atoms with Crippen molar-refractivity contribution in [2.75, 3.05) is 11.5 Å². The van der Waals surface area contributed by atoms with Crippen LogP contribution >= 0.6 is 15.9 Å². The third kappa shape index (κ3) is 4.86. The van der Waals surface area contributed by atoms with E-state index in [-0.39, 0.29) is 35.7 Å². The molecule has 0 saturated heterocycles. The maximum Gasteiger partial charge on any atom is 0.163 e. The molecular formula is C12H14BrFO3S. The molecule has 1 aromatic rings. The van der Waals surface area contributed by atoms with Crippen LogP contribution in [0.2, 0.25) is 0 Å². The highest BCUT2D eigenvalue weighted by molar-refractivity contribution is 9.10. The number of Topliss-reactive ketones (excluding diaryl/α,β-unsaturated/α-hetero) is 1. The fourth-order valence-corrected chi connectivity index (χ4v) is 2.79. The third-order valence-electron chi connectivity index (χ3n) is 2.48. The van der Waals surface area contributed by atoms with Crippen molar-refractivity contribution in [2.45, 2.75) is 19.8 Å². The van der Waals surface area contributed by atoms with Crippen molar-refractivity contribution >= 4 is 31.6 Å². The quantitative estimate of drug-likeness (QED) is 0.750. The van der Waals surface area contributed by atoms with Crippen LogP contribution in [0.4, 0.5) is 4.39 Å². The zero-order valence-corrected chi connectivity index (χ0v) is 12.4. The van der Waals surface area contributed by atoms with Crippen LogP contribution in [0.25, 0.3) is 0 Å². The van der Waals surface area contributed by atoms with Gasteiger partial charge < -0.3 is 0 Å². The topological polar surface area (TPSA) is 51.2 Å². The molecule has 18 heavy (non-hydrogen) atoms. The van der Waals surface area contributed by atoms with Gasteiger partial charge in [-0.05, 0) is 24.6 Å². The summed E-state index contributed by atoms with van der Waals surface area (Å²) in [5.41, 5.74) is 0.260. The second-order valence-electron chi connectivity index (χ2n) is 3.92. The summed E-state index contributed by atoms with van der Waals surface area (Å²) in [5.74, 6) is -0.672. The van der Waals surface area contributed by atoms with Crippen molar-refractivity contribution in [3.05, 3.63) is 34.1 Å². The zero-order chi connectivity index (χ0) is 13.8. The van der Waals surface area contributed by atoms with Crippen LogP contribution in [0.5, 0.6) is 0 Å². The van der Waals surface area contributed by atoms with Gasteiger partial charge >= 0.3 is 0 Å². The Morgan fingerprint density at radius 1 is 1.33 bits per heavy atom. The number of hydrogen-bond acceptors (Lipinski definition) is 3. The first-order valence-corrected chi connectivity index (χ1v) is 8.15. The van der Waals surface area contributed by atoms with E-state index in [9.17, 15) is 17.6 Å². The molecular weight excluding hydrogens is 323 g/mol. The van der Waals surface area contributed by atoms with E-state index >= 15 is 0 Å². The van der Waals surface area contributed by atoms with Gasteiger partial charge in [0.2, 0.25) is 0 Å². The molecule has 0 spiro atoms.